The maximum absolute atomic E-state index is 13.2. The average molecular weight is 457 g/mol. The standard InChI is InChI=1S/C23H21ClN2O4S/c1-30-22-12-10-17(24)14-20(22)23(27)25-18-11-9-16-6-5-13-26(21(16)15-18)31(28,29)19-7-3-2-4-8-19/h2-4,7-12,14-15H,5-6,13H2,1H3,(H,25,27). The number of amides is 1. The molecule has 1 aliphatic rings. The van der Waals surface area contributed by atoms with Gasteiger partial charge in [0.15, 0.2) is 0 Å². The van der Waals surface area contributed by atoms with Gasteiger partial charge >= 0.3 is 0 Å². The third-order valence-electron chi connectivity index (χ3n) is 5.16. The fourth-order valence-electron chi connectivity index (χ4n) is 3.64. The van der Waals surface area contributed by atoms with Gasteiger partial charge in [-0.15, -0.1) is 0 Å². The molecule has 160 valence electrons. The number of methoxy groups -OCH3 is 1. The summed E-state index contributed by atoms with van der Waals surface area (Å²) in [5, 5.41) is 3.24. The van der Waals surface area contributed by atoms with Crippen molar-refractivity contribution in [2.75, 3.05) is 23.3 Å². The van der Waals surface area contributed by atoms with Crippen LogP contribution in [0.4, 0.5) is 11.4 Å². The van der Waals surface area contributed by atoms with Gasteiger partial charge in [-0.3, -0.25) is 9.10 Å². The van der Waals surface area contributed by atoms with Crippen LogP contribution in [-0.2, 0) is 16.4 Å². The summed E-state index contributed by atoms with van der Waals surface area (Å²) in [6.07, 6.45) is 1.50. The van der Waals surface area contributed by atoms with E-state index in [0.717, 1.165) is 18.4 Å². The summed E-state index contributed by atoms with van der Waals surface area (Å²) < 4.78 is 33.1. The molecule has 0 aliphatic carbocycles. The minimum absolute atomic E-state index is 0.237. The number of ether oxygens (including phenoxy) is 1. The van der Waals surface area contributed by atoms with E-state index in [4.69, 9.17) is 16.3 Å². The van der Waals surface area contributed by atoms with Gasteiger partial charge < -0.3 is 10.1 Å². The van der Waals surface area contributed by atoms with Gasteiger partial charge in [-0.25, -0.2) is 8.42 Å². The van der Waals surface area contributed by atoms with Crippen LogP contribution < -0.4 is 14.4 Å². The Morgan fingerprint density at radius 2 is 1.84 bits per heavy atom. The number of nitrogens with one attached hydrogen (secondary N) is 1. The molecule has 1 amide bonds. The predicted octanol–water partition coefficient (Wildman–Crippen LogP) is 4.74. The van der Waals surface area contributed by atoms with Gasteiger partial charge in [-0.2, -0.15) is 0 Å². The summed E-state index contributed by atoms with van der Waals surface area (Å²) in [5.41, 5.74) is 2.28. The summed E-state index contributed by atoms with van der Waals surface area (Å²) in [4.78, 5) is 13.1. The number of anilines is 2. The molecule has 8 heteroatoms. The lowest BCUT2D eigenvalue weighted by Gasteiger charge is -2.31. The fourth-order valence-corrected chi connectivity index (χ4v) is 5.37. The third-order valence-corrected chi connectivity index (χ3v) is 7.22. The van der Waals surface area contributed by atoms with Crippen LogP contribution in [-0.4, -0.2) is 28.0 Å². The van der Waals surface area contributed by atoms with Crippen molar-refractivity contribution in [1.82, 2.24) is 0 Å². The zero-order valence-electron chi connectivity index (χ0n) is 16.8. The van der Waals surface area contributed by atoms with E-state index in [1.165, 1.54) is 17.5 Å². The van der Waals surface area contributed by atoms with Crippen LogP contribution in [0, 0.1) is 0 Å². The van der Waals surface area contributed by atoms with E-state index in [1.807, 2.05) is 6.07 Å². The number of fused-ring (bicyclic) bond motifs is 1. The largest absolute Gasteiger partial charge is 0.496 e. The zero-order chi connectivity index (χ0) is 22.0. The lowest BCUT2D eigenvalue weighted by atomic mass is 10.0. The van der Waals surface area contributed by atoms with E-state index in [1.54, 1.807) is 54.6 Å². The molecule has 3 aromatic carbocycles. The lowest BCUT2D eigenvalue weighted by Crippen LogP contribution is -2.35. The molecule has 31 heavy (non-hydrogen) atoms. The maximum atomic E-state index is 13.2. The van der Waals surface area contributed by atoms with Crippen LogP contribution in [0.5, 0.6) is 5.75 Å². The number of aryl methyl sites for hydroxylation is 1. The van der Waals surface area contributed by atoms with Gasteiger partial charge in [0.1, 0.15) is 5.75 Å². The SMILES string of the molecule is COc1ccc(Cl)cc1C(=O)Nc1ccc2c(c1)N(S(=O)(=O)c1ccccc1)CCC2. The monoisotopic (exact) mass is 456 g/mol. The number of benzene rings is 3. The lowest BCUT2D eigenvalue weighted by molar-refractivity contribution is 0.102. The van der Waals surface area contributed by atoms with Crippen molar-refractivity contribution in [3.8, 4) is 5.75 Å². The van der Waals surface area contributed by atoms with Crippen LogP contribution in [0.15, 0.2) is 71.6 Å². The van der Waals surface area contributed by atoms with Crippen molar-refractivity contribution >= 4 is 38.9 Å². The van der Waals surface area contributed by atoms with Crippen molar-refractivity contribution in [2.24, 2.45) is 0 Å². The van der Waals surface area contributed by atoms with E-state index in [-0.39, 0.29) is 4.90 Å². The predicted molar refractivity (Wildman–Crippen MR) is 122 cm³/mol. The first kappa shape index (κ1) is 21.2. The molecule has 0 saturated heterocycles. The Kier molecular flexibility index (Phi) is 5.89. The topological polar surface area (TPSA) is 75.7 Å². The quantitative estimate of drug-likeness (QED) is 0.601. The molecule has 0 unspecified atom stereocenters. The molecule has 6 nitrogen and oxygen atoms in total. The van der Waals surface area contributed by atoms with Gasteiger partial charge in [0, 0.05) is 17.3 Å². The highest BCUT2D eigenvalue weighted by Crippen LogP contribution is 2.34. The van der Waals surface area contributed by atoms with Gasteiger partial charge in [0.05, 0.1) is 23.3 Å². The van der Waals surface area contributed by atoms with Crippen molar-refractivity contribution in [1.29, 1.82) is 0 Å². The number of hydrogen-bond donors (Lipinski definition) is 1. The molecular formula is C23H21ClN2O4S. The van der Waals surface area contributed by atoms with Crippen LogP contribution >= 0.6 is 11.6 Å². The molecule has 1 aliphatic heterocycles. The summed E-state index contributed by atoms with van der Waals surface area (Å²) in [5.74, 6) is 0.000665. The number of rotatable bonds is 5. The van der Waals surface area contributed by atoms with E-state index in [2.05, 4.69) is 5.32 Å². The van der Waals surface area contributed by atoms with E-state index < -0.39 is 15.9 Å². The summed E-state index contributed by atoms with van der Waals surface area (Å²) in [6, 6.07) is 18.5. The second-order valence-corrected chi connectivity index (χ2v) is 9.43. The van der Waals surface area contributed by atoms with Crippen LogP contribution in [0.1, 0.15) is 22.3 Å². The Bertz CT molecular complexity index is 1230. The molecule has 0 saturated carbocycles. The number of nitrogens with zero attached hydrogens (tertiary/aromatic N) is 1. The molecule has 0 radical (unpaired) electrons. The Hall–Kier alpha value is -3.03. The molecule has 0 aromatic heterocycles. The molecule has 0 atom stereocenters. The van der Waals surface area contributed by atoms with Crippen molar-refractivity contribution < 1.29 is 17.9 Å². The summed E-state index contributed by atoms with van der Waals surface area (Å²) in [7, 11) is -2.23. The molecular weight excluding hydrogens is 436 g/mol. The Balaban J connectivity index is 1.67. The molecule has 0 spiro atoms. The molecule has 3 aromatic rings. The highest BCUT2D eigenvalue weighted by molar-refractivity contribution is 7.92. The van der Waals surface area contributed by atoms with Crippen molar-refractivity contribution in [3.05, 3.63) is 82.9 Å². The van der Waals surface area contributed by atoms with Gasteiger partial charge in [0.2, 0.25) is 0 Å². The number of carbonyl (C=O) groups excluding carboxylic acids is 1. The minimum atomic E-state index is -3.71. The van der Waals surface area contributed by atoms with E-state index in [9.17, 15) is 13.2 Å². The number of halogens is 1. The van der Waals surface area contributed by atoms with Gasteiger partial charge in [-0.1, -0.05) is 35.9 Å². The number of carbonyl (C=O) groups is 1. The third kappa shape index (κ3) is 4.24. The zero-order valence-corrected chi connectivity index (χ0v) is 18.4. The van der Waals surface area contributed by atoms with Gasteiger partial charge in [-0.05, 0) is 60.9 Å². The molecule has 0 fully saturated rings. The first-order valence-corrected chi connectivity index (χ1v) is 11.6. The second-order valence-electron chi connectivity index (χ2n) is 7.14. The number of hydrogen-bond acceptors (Lipinski definition) is 4. The molecule has 1 heterocycles. The fraction of sp³-hybridized carbons (Fsp3) is 0.174. The average Bonchev–Trinajstić information content (AvgIpc) is 2.79. The highest BCUT2D eigenvalue weighted by Gasteiger charge is 2.29. The number of sulfonamides is 1. The maximum Gasteiger partial charge on any atom is 0.264 e. The first-order chi connectivity index (χ1) is 14.9. The van der Waals surface area contributed by atoms with Crippen LogP contribution in [0.3, 0.4) is 0 Å². The smallest absolute Gasteiger partial charge is 0.264 e. The first-order valence-electron chi connectivity index (χ1n) is 9.76. The molecule has 0 bridgehead atoms. The minimum Gasteiger partial charge on any atom is -0.496 e. The normalized spacial score (nSPS) is 13.4. The Morgan fingerprint density at radius 1 is 1.06 bits per heavy atom. The van der Waals surface area contributed by atoms with E-state index >= 15 is 0 Å². The van der Waals surface area contributed by atoms with Gasteiger partial charge in [0.25, 0.3) is 15.9 Å². The second kappa shape index (κ2) is 8.61. The Labute approximate surface area is 186 Å². The summed E-state index contributed by atoms with van der Waals surface area (Å²) in [6.45, 7) is 0.379. The van der Waals surface area contributed by atoms with E-state index in [0.29, 0.717) is 34.3 Å². The highest BCUT2D eigenvalue weighted by atomic mass is 35.5. The van der Waals surface area contributed by atoms with Crippen LogP contribution in [0.2, 0.25) is 5.02 Å². The van der Waals surface area contributed by atoms with Crippen LogP contribution in [0.25, 0.3) is 0 Å². The van der Waals surface area contributed by atoms with Crippen molar-refractivity contribution in [2.45, 2.75) is 17.7 Å². The summed E-state index contributed by atoms with van der Waals surface area (Å²) >= 11 is 6.03. The molecule has 1 N–H and O–H groups in total. The van der Waals surface area contributed by atoms with Crippen molar-refractivity contribution in [3.63, 3.8) is 0 Å². The molecule has 4 rings (SSSR count). The Morgan fingerprint density at radius 3 is 2.58 bits per heavy atom.